The molecule has 0 radical (unpaired) electrons. The molecule has 1 aliphatic rings. The van der Waals surface area contributed by atoms with Crippen molar-refractivity contribution in [1.82, 2.24) is 10.2 Å². The highest BCUT2D eigenvalue weighted by Gasteiger charge is 2.18. The van der Waals surface area contributed by atoms with Crippen molar-refractivity contribution in [3.63, 3.8) is 0 Å². The predicted molar refractivity (Wildman–Crippen MR) is 64.2 cm³/mol. The largest absolute Gasteiger partial charge is 0.380 e. The number of rotatable bonds is 9. The second-order valence-electron chi connectivity index (χ2n) is 4.51. The molecule has 0 aromatic heterocycles. The molecule has 1 N–H and O–H groups in total. The zero-order valence-electron chi connectivity index (χ0n) is 10.3. The third-order valence-electron chi connectivity index (χ3n) is 3.09. The normalized spacial score (nSPS) is 17.0. The summed E-state index contributed by atoms with van der Waals surface area (Å²) >= 11 is 0. The molecule has 1 fully saturated rings. The van der Waals surface area contributed by atoms with E-state index in [0.717, 1.165) is 38.8 Å². The maximum atomic E-state index is 5.26. The average Bonchev–Trinajstić information content (AvgIpc) is 2.17. The molecule has 0 heterocycles. The first-order valence-electron chi connectivity index (χ1n) is 6.30. The molecule has 1 aliphatic carbocycles. The zero-order chi connectivity index (χ0) is 10.9. The molecule has 0 aromatic rings. The maximum Gasteiger partial charge on any atom is 0.0590 e. The highest BCUT2D eigenvalue weighted by atomic mass is 16.5. The Morgan fingerprint density at radius 3 is 2.73 bits per heavy atom. The SMILES string of the molecule is CCOCCNCCN(C)CC1CCC1. The monoisotopic (exact) mass is 214 g/mol. The van der Waals surface area contributed by atoms with Gasteiger partial charge in [-0.15, -0.1) is 0 Å². The lowest BCUT2D eigenvalue weighted by Crippen LogP contribution is -2.35. The molecule has 0 bridgehead atoms. The number of nitrogens with zero attached hydrogens (tertiary/aromatic N) is 1. The summed E-state index contributed by atoms with van der Waals surface area (Å²) in [6.07, 6.45) is 4.34. The summed E-state index contributed by atoms with van der Waals surface area (Å²) in [7, 11) is 2.22. The van der Waals surface area contributed by atoms with Crippen molar-refractivity contribution in [2.24, 2.45) is 5.92 Å². The molecule has 90 valence electrons. The van der Waals surface area contributed by atoms with E-state index in [-0.39, 0.29) is 0 Å². The Kier molecular flexibility index (Phi) is 6.98. The first kappa shape index (κ1) is 12.9. The van der Waals surface area contributed by atoms with Gasteiger partial charge in [0.15, 0.2) is 0 Å². The van der Waals surface area contributed by atoms with Gasteiger partial charge in [0.05, 0.1) is 6.61 Å². The summed E-state index contributed by atoms with van der Waals surface area (Å²) < 4.78 is 5.26. The van der Waals surface area contributed by atoms with E-state index in [1.54, 1.807) is 0 Å². The molecule has 15 heavy (non-hydrogen) atoms. The second kappa shape index (κ2) is 8.08. The van der Waals surface area contributed by atoms with Crippen LogP contribution in [-0.2, 0) is 4.74 Å². The van der Waals surface area contributed by atoms with E-state index >= 15 is 0 Å². The van der Waals surface area contributed by atoms with Gasteiger partial charge in [-0.2, -0.15) is 0 Å². The summed E-state index contributed by atoms with van der Waals surface area (Å²) in [5.41, 5.74) is 0. The number of hydrogen-bond donors (Lipinski definition) is 1. The van der Waals surface area contributed by atoms with Gasteiger partial charge in [0, 0.05) is 32.8 Å². The minimum Gasteiger partial charge on any atom is -0.380 e. The van der Waals surface area contributed by atoms with Gasteiger partial charge in [-0.25, -0.2) is 0 Å². The van der Waals surface area contributed by atoms with Crippen molar-refractivity contribution in [1.29, 1.82) is 0 Å². The predicted octanol–water partition coefficient (Wildman–Crippen LogP) is 1.34. The van der Waals surface area contributed by atoms with Crippen LogP contribution in [0, 0.1) is 5.92 Å². The van der Waals surface area contributed by atoms with Gasteiger partial charge in [0.1, 0.15) is 0 Å². The molecule has 3 heteroatoms. The molecule has 1 saturated carbocycles. The Morgan fingerprint density at radius 1 is 1.33 bits per heavy atom. The number of likely N-dealkylation sites (N-methyl/N-ethyl adjacent to an activating group) is 1. The van der Waals surface area contributed by atoms with Crippen LogP contribution in [0.25, 0.3) is 0 Å². The lowest BCUT2D eigenvalue weighted by Gasteiger charge is -2.30. The van der Waals surface area contributed by atoms with Crippen LogP contribution in [0.15, 0.2) is 0 Å². The molecule has 0 spiro atoms. The summed E-state index contributed by atoms with van der Waals surface area (Å²) in [6.45, 7) is 8.19. The molecular formula is C12H26N2O. The first-order chi connectivity index (χ1) is 7.33. The third-order valence-corrected chi connectivity index (χ3v) is 3.09. The van der Waals surface area contributed by atoms with E-state index in [9.17, 15) is 0 Å². The lowest BCUT2D eigenvalue weighted by atomic mass is 9.85. The lowest BCUT2D eigenvalue weighted by molar-refractivity contribution is 0.147. The quantitative estimate of drug-likeness (QED) is 0.586. The van der Waals surface area contributed by atoms with E-state index in [0.29, 0.717) is 0 Å². The second-order valence-corrected chi connectivity index (χ2v) is 4.51. The fourth-order valence-electron chi connectivity index (χ4n) is 1.89. The van der Waals surface area contributed by atoms with Crippen LogP contribution in [0.4, 0.5) is 0 Å². The topological polar surface area (TPSA) is 24.5 Å². The van der Waals surface area contributed by atoms with Crippen molar-refractivity contribution in [3.8, 4) is 0 Å². The molecule has 0 amide bonds. The van der Waals surface area contributed by atoms with Gasteiger partial charge in [0.2, 0.25) is 0 Å². The molecule has 0 saturated heterocycles. The first-order valence-corrected chi connectivity index (χ1v) is 6.30. The van der Waals surface area contributed by atoms with Crippen molar-refractivity contribution < 1.29 is 4.74 Å². The average molecular weight is 214 g/mol. The van der Waals surface area contributed by atoms with E-state index in [4.69, 9.17) is 4.74 Å². The molecule has 0 aromatic carbocycles. The number of ether oxygens (including phenoxy) is 1. The van der Waals surface area contributed by atoms with Crippen molar-refractivity contribution in [2.45, 2.75) is 26.2 Å². The van der Waals surface area contributed by atoms with Crippen LogP contribution >= 0.6 is 0 Å². The molecule has 0 aliphatic heterocycles. The van der Waals surface area contributed by atoms with E-state index in [1.165, 1.54) is 25.8 Å². The molecule has 0 atom stereocenters. The Morgan fingerprint density at radius 2 is 2.13 bits per heavy atom. The van der Waals surface area contributed by atoms with Gasteiger partial charge < -0.3 is 15.0 Å². The molecular weight excluding hydrogens is 188 g/mol. The summed E-state index contributed by atoms with van der Waals surface area (Å²) in [5.74, 6) is 0.985. The van der Waals surface area contributed by atoms with Crippen molar-refractivity contribution in [2.75, 3.05) is 46.4 Å². The molecule has 3 nitrogen and oxygen atoms in total. The van der Waals surface area contributed by atoms with Crippen molar-refractivity contribution in [3.05, 3.63) is 0 Å². The number of hydrogen-bond acceptors (Lipinski definition) is 3. The van der Waals surface area contributed by atoms with Gasteiger partial charge >= 0.3 is 0 Å². The summed E-state index contributed by atoms with van der Waals surface area (Å²) in [4.78, 5) is 2.44. The van der Waals surface area contributed by atoms with E-state index in [2.05, 4.69) is 17.3 Å². The Bertz CT molecular complexity index is 149. The van der Waals surface area contributed by atoms with Gasteiger partial charge in [-0.3, -0.25) is 0 Å². The molecule has 1 rings (SSSR count). The minimum atomic E-state index is 0.823. The maximum absolute atomic E-state index is 5.26. The highest BCUT2D eigenvalue weighted by molar-refractivity contribution is 4.72. The van der Waals surface area contributed by atoms with E-state index in [1.807, 2.05) is 6.92 Å². The van der Waals surface area contributed by atoms with E-state index < -0.39 is 0 Å². The van der Waals surface area contributed by atoms with Crippen LogP contribution in [0.1, 0.15) is 26.2 Å². The van der Waals surface area contributed by atoms with Crippen LogP contribution < -0.4 is 5.32 Å². The smallest absolute Gasteiger partial charge is 0.0590 e. The van der Waals surface area contributed by atoms with Gasteiger partial charge in [0.25, 0.3) is 0 Å². The van der Waals surface area contributed by atoms with Crippen LogP contribution in [-0.4, -0.2) is 51.3 Å². The van der Waals surface area contributed by atoms with Crippen LogP contribution in [0.5, 0.6) is 0 Å². The Hall–Kier alpha value is -0.120. The van der Waals surface area contributed by atoms with Gasteiger partial charge in [-0.1, -0.05) is 6.42 Å². The van der Waals surface area contributed by atoms with Crippen molar-refractivity contribution >= 4 is 0 Å². The summed E-state index contributed by atoms with van der Waals surface area (Å²) in [5, 5.41) is 3.39. The Balaban J connectivity index is 1.81. The fraction of sp³-hybridized carbons (Fsp3) is 1.00. The highest BCUT2D eigenvalue weighted by Crippen LogP contribution is 2.26. The standard InChI is InChI=1S/C12H26N2O/c1-3-15-10-8-13-7-9-14(2)11-12-5-4-6-12/h12-13H,3-11H2,1-2H3. The zero-order valence-corrected chi connectivity index (χ0v) is 10.3. The third kappa shape index (κ3) is 6.13. The van der Waals surface area contributed by atoms with Crippen LogP contribution in [0.3, 0.4) is 0 Å². The molecule has 0 unspecified atom stereocenters. The number of nitrogens with one attached hydrogen (secondary N) is 1. The Labute approximate surface area is 94.2 Å². The van der Waals surface area contributed by atoms with Gasteiger partial charge in [-0.05, 0) is 32.7 Å². The minimum absolute atomic E-state index is 0.823. The fourth-order valence-corrected chi connectivity index (χ4v) is 1.89. The summed E-state index contributed by atoms with van der Waals surface area (Å²) in [6, 6.07) is 0. The van der Waals surface area contributed by atoms with Crippen LogP contribution in [0.2, 0.25) is 0 Å².